The van der Waals surface area contributed by atoms with Crippen molar-refractivity contribution in [2.75, 3.05) is 11.5 Å². The third kappa shape index (κ3) is 2.15. The molecule has 2 aliphatic heterocycles. The van der Waals surface area contributed by atoms with E-state index in [2.05, 4.69) is 0 Å². The van der Waals surface area contributed by atoms with Gasteiger partial charge in [-0.05, 0) is 0 Å². The van der Waals surface area contributed by atoms with Gasteiger partial charge in [-0.25, -0.2) is 9.59 Å². The summed E-state index contributed by atoms with van der Waals surface area (Å²) in [5.41, 5.74) is 0.0572. The highest BCUT2D eigenvalue weighted by Crippen LogP contribution is 2.41. The fraction of sp³-hybridized carbons (Fsp3) is 0.556. The van der Waals surface area contributed by atoms with Crippen LogP contribution in [0.3, 0.4) is 0 Å². The van der Waals surface area contributed by atoms with Crippen LogP contribution >= 0.6 is 23.5 Å². The van der Waals surface area contributed by atoms with Gasteiger partial charge in [-0.3, -0.25) is 0 Å². The Kier molecular flexibility index (Phi) is 2.72. The van der Waals surface area contributed by atoms with Gasteiger partial charge in [0.15, 0.2) is 5.57 Å². The number of carbonyl (C=O) groups is 2. The Morgan fingerprint density at radius 2 is 1.53 bits per heavy atom. The van der Waals surface area contributed by atoms with E-state index < -0.39 is 17.7 Å². The van der Waals surface area contributed by atoms with Gasteiger partial charge >= 0.3 is 11.9 Å². The molecule has 6 heteroatoms. The molecule has 0 unspecified atom stereocenters. The molecule has 2 fully saturated rings. The standard InChI is InChI=1S/C9H10O4S2/c1-9(2)12-6(10)5(7(11)13-9)8-14-3-4-15-8/h3-4H2,1-2H3. The highest BCUT2D eigenvalue weighted by Gasteiger charge is 2.41. The number of thioether (sulfide) groups is 2. The van der Waals surface area contributed by atoms with Crippen molar-refractivity contribution in [2.45, 2.75) is 19.6 Å². The van der Waals surface area contributed by atoms with Crippen molar-refractivity contribution in [1.82, 2.24) is 0 Å². The molecule has 0 bridgehead atoms. The van der Waals surface area contributed by atoms with Crippen molar-refractivity contribution < 1.29 is 19.1 Å². The minimum Gasteiger partial charge on any atom is -0.419 e. The average molecular weight is 246 g/mol. The van der Waals surface area contributed by atoms with Gasteiger partial charge < -0.3 is 9.47 Å². The van der Waals surface area contributed by atoms with Crippen LogP contribution in [0.15, 0.2) is 9.81 Å². The van der Waals surface area contributed by atoms with Crippen molar-refractivity contribution in [3.63, 3.8) is 0 Å². The van der Waals surface area contributed by atoms with Crippen LogP contribution in [0.4, 0.5) is 0 Å². The fourth-order valence-corrected chi connectivity index (χ4v) is 3.77. The lowest BCUT2D eigenvalue weighted by Gasteiger charge is -2.30. The predicted octanol–water partition coefficient (Wildman–Crippen LogP) is 1.51. The molecule has 82 valence electrons. The van der Waals surface area contributed by atoms with E-state index in [1.54, 1.807) is 13.8 Å². The zero-order chi connectivity index (χ0) is 11.1. The van der Waals surface area contributed by atoms with E-state index in [0.717, 1.165) is 15.7 Å². The second-order valence-electron chi connectivity index (χ2n) is 3.54. The number of hydrogen-bond acceptors (Lipinski definition) is 6. The summed E-state index contributed by atoms with van der Waals surface area (Å²) in [7, 11) is 0. The topological polar surface area (TPSA) is 52.6 Å². The molecule has 2 saturated heterocycles. The molecule has 0 spiro atoms. The van der Waals surface area contributed by atoms with Gasteiger partial charge in [0.05, 0.1) is 4.24 Å². The Labute approximate surface area is 95.8 Å². The Hall–Kier alpha value is -0.620. The Morgan fingerprint density at radius 3 is 2.00 bits per heavy atom. The largest absolute Gasteiger partial charge is 0.419 e. The van der Waals surface area contributed by atoms with E-state index in [1.807, 2.05) is 0 Å². The van der Waals surface area contributed by atoms with Crippen molar-refractivity contribution in [1.29, 1.82) is 0 Å². The van der Waals surface area contributed by atoms with Crippen LogP contribution < -0.4 is 0 Å². The number of carbonyl (C=O) groups excluding carboxylic acids is 2. The lowest BCUT2D eigenvalue weighted by molar-refractivity contribution is -0.222. The molecule has 0 amide bonds. The van der Waals surface area contributed by atoms with E-state index in [9.17, 15) is 9.59 Å². The van der Waals surface area contributed by atoms with Crippen LogP contribution in [-0.2, 0) is 19.1 Å². The zero-order valence-electron chi connectivity index (χ0n) is 8.36. The van der Waals surface area contributed by atoms with E-state index in [0.29, 0.717) is 0 Å². The van der Waals surface area contributed by atoms with Crippen LogP contribution in [-0.4, -0.2) is 29.2 Å². The van der Waals surface area contributed by atoms with E-state index in [-0.39, 0.29) is 5.57 Å². The van der Waals surface area contributed by atoms with Crippen LogP contribution in [0.1, 0.15) is 13.8 Å². The molecule has 2 heterocycles. The highest BCUT2D eigenvalue weighted by atomic mass is 32.2. The van der Waals surface area contributed by atoms with Crippen LogP contribution in [0.5, 0.6) is 0 Å². The number of rotatable bonds is 0. The van der Waals surface area contributed by atoms with Gasteiger partial charge in [-0.1, -0.05) is 0 Å². The Balaban J connectivity index is 2.31. The normalized spacial score (nSPS) is 25.2. The van der Waals surface area contributed by atoms with Gasteiger partial charge in [0.25, 0.3) is 5.79 Å². The summed E-state index contributed by atoms with van der Waals surface area (Å²) in [5.74, 6) is -0.478. The number of esters is 2. The zero-order valence-corrected chi connectivity index (χ0v) is 10.00. The van der Waals surface area contributed by atoms with E-state index >= 15 is 0 Å². The summed E-state index contributed by atoms with van der Waals surface area (Å²) in [6.07, 6.45) is 0. The van der Waals surface area contributed by atoms with Crippen molar-refractivity contribution in [3.8, 4) is 0 Å². The molecule has 15 heavy (non-hydrogen) atoms. The summed E-state index contributed by atoms with van der Waals surface area (Å²) < 4.78 is 10.7. The Morgan fingerprint density at radius 1 is 1.07 bits per heavy atom. The molecule has 0 aromatic heterocycles. The second-order valence-corrected chi connectivity index (χ2v) is 6.01. The highest BCUT2D eigenvalue weighted by molar-refractivity contribution is 8.25. The van der Waals surface area contributed by atoms with Gasteiger partial charge in [0.2, 0.25) is 0 Å². The SMILES string of the molecule is CC1(C)OC(=O)C(=C2SCCS2)C(=O)O1. The number of cyclic esters (lactones) is 2. The third-order valence-electron chi connectivity index (χ3n) is 1.84. The number of ether oxygens (including phenoxy) is 2. The van der Waals surface area contributed by atoms with Gasteiger partial charge in [0, 0.05) is 25.4 Å². The first-order valence-corrected chi connectivity index (χ1v) is 6.43. The Bertz CT molecular complexity index is 329. The maximum absolute atomic E-state index is 11.6. The first-order valence-electron chi connectivity index (χ1n) is 4.46. The molecule has 4 nitrogen and oxygen atoms in total. The molecule has 0 aromatic carbocycles. The monoisotopic (exact) mass is 246 g/mol. The fourth-order valence-electron chi connectivity index (χ4n) is 1.27. The van der Waals surface area contributed by atoms with Crippen LogP contribution in [0, 0.1) is 0 Å². The quantitative estimate of drug-likeness (QED) is 0.367. The lowest BCUT2D eigenvalue weighted by atomic mass is 10.2. The van der Waals surface area contributed by atoms with Crippen LogP contribution in [0.2, 0.25) is 0 Å². The van der Waals surface area contributed by atoms with E-state index in [4.69, 9.17) is 9.47 Å². The lowest BCUT2D eigenvalue weighted by Crippen LogP contribution is -2.42. The number of hydrogen-bond donors (Lipinski definition) is 0. The molecule has 2 rings (SSSR count). The average Bonchev–Trinajstić information content (AvgIpc) is 2.52. The summed E-state index contributed by atoms with van der Waals surface area (Å²) >= 11 is 2.99. The molecule has 0 saturated carbocycles. The minimum absolute atomic E-state index is 0.0572. The molecular weight excluding hydrogens is 236 g/mol. The van der Waals surface area contributed by atoms with Gasteiger partial charge in [-0.15, -0.1) is 23.5 Å². The van der Waals surface area contributed by atoms with Crippen LogP contribution in [0.25, 0.3) is 0 Å². The molecule has 0 aliphatic carbocycles. The van der Waals surface area contributed by atoms with Crippen molar-refractivity contribution in [2.24, 2.45) is 0 Å². The van der Waals surface area contributed by atoms with E-state index in [1.165, 1.54) is 23.5 Å². The predicted molar refractivity (Wildman–Crippen MR) is 58.2 cm³/mol. The molecule has 2 aliphatic rings. The smallest absolute Gasteiger partial charge is 0.350 e. The van der Waals surface area contributed by atoms with Gasteiger partial charge in [-0.2, -0.15) is 0 Å². The molecule has 0 radical (unpaired) electrons. The summed E-state index contributed by atoms with van der Waals surface area (Å²) in [4.78, 5) is 23.2. The first-order chi connectivity index (χ1) is 6.99. The summed E-state index contributed by atoms with van der Waals surface area (Å²) in [6, 6.07) is 0. The maximum atomic E-state index is 11.6. The molecule has 0 atom stereocenters. The van der Waals surface area contributed by atoms with Gasteiger partial charge in [0.1, 0.15) is 0 Å². The van der Waals surface area contributed by atoms with Crippen molar-refractivity contribution in [3.05, 3.63) is 9.81 Å². The second kappa shape index (κ2) is 3.75. The third-order valence-corrected chi connectivity index (χ3v) is 4.55. The molecule has 0 N–H and O–H groups in total. The first kappa shape index (κ1) is 10.9. The molecular formula is C9H10O4S2. The maximum Gasteiger partial charge on any atom is 0.350 e. The summed E-state index contributed by atoms with van der Waals surface area (Å²) in [5, 5.41) is 0. The summed E-state index contributed by atoms with van der Waals surface area (Å²) in [6.45, 7) is 3.08. The molecule has 0 aromatic rings. The minimum atomic E-state index is -1.15. The van der Waals surface area contributed by atoms with Crippen molar-refractivity contribution >= 4 is 35.5 Å².